The molecule has 0 aliphatic heterocycles. The molecule has 0 heterocycles. The number of carbonyl (C=O) groups excluding carboxylic acids is 2. The maximum absolute atomic E-state index is 12.7. The van der Waals surface area contributed by atoms with Crippen LogP contribution < -0.4 is 10.6 Å². The Morgan fingerprint density at radius 2 is 1.65 bits per heavy atom. The van der Waals surface area contributed by atoms with E-state index >= 15 is 0 Å². The van der Waals surface area contributed by atoms with E-state index in [1.807, 2.05) is 6.92 Å². The van der Waals surface area contributed by atoms with Crippen molar-refractivity contribution in [1.82, 2.24) is 9.62 Å². The first-order valence-corrected chi connectivity index (χ1v) is 11.9. The molecule has 166 valence electrons. The lowest BCUT2D eigenvalue weighted by Crippen LogP contribution is -2.37. The van der Waals surface area contributed by atoms with Gasteiger partial charge in [-0.05, 0) is 44.0 Å². The van der Waals surface area contributed by atoms with Crippen molar-refractivity contribution in [1.29, 1.82) is 0 Å². The first kappa shape index (κ1) is 23.0. The maximum Gasteiger partial charge on any atom is 0.253 e. The number of amides is 2. The number of nitrogens with zero attached hydrogens (tertiary/aromatic N) is 1. The molecule has 1 aliphatic carbocycles. The van der Waals surface area contributed by atoms with Gasteiger partial charge in [0, 0.05) is 13.1 Å². The molecule has 2 N–H and O–H groups in total. The van der Waals surface area contributed by atoms with E-state index in [-0.39, 0.29) is 23.4 Å². The van der Waals surface area contributed by atoms with Crippen molar-refractivity contribution in [2.45, 2.75) is 50.0 Å². The summed E-state index contributed by atoms with van der Waals surface area (Å²) in [4.78, 5) is 25.4. The molecule has 1 aliphatic rings. The molecule has 31 heavy (non-hydrogen) atoms. The molecular weight excluding hydrogens is 414 g/mol. The summed E-state index contributed by atoms with van der Waals surface area (Å²) in [7, 11) is -2.44. The van der Waals surface area contributed by atoms with Crippen LogP contribution >= 0.6 is 0 Å². The number of likely N-dealkylation sites (N-methyl/N-ethyl adjacent to an activating group) is 1. The molecule has 2 aromatic rings. The number of carbonyl (C=O) groups is 2. The predicted molar refractivity (Wildman–Crippen MR) is 120 cm³/mol. The minimum absolute atomic E-state index is 0.126. The van der Waals surface area contributed by atoms with E-state index in [4.69, 9.17) is 0 Å². The van der Waals surface area contributed by atoms with Gasteiger partial charge in [-0.3, -0.25) is 9.59 Å². The highest BCUT2D eigenvalue weighted by molar-refractivity contribution is 7.89. The number of aryl methyl sites for hydroxylation is 1. The van der Waals surface area contributed by atoms with Crippen molar-refractivity contribution < 1.29 is 18.0 Å². The summed E-state index contributed by atoms with van der Waals surface area (Å²) in [5.41, 5.74) is 1.68. The van der Waals surface area contributed by atoms with Gasteiger partial charge in [0.05, 0.1) is 22.7 Å². The SMILES string of the molecule is Cc1ccc(S(=O)(=O)N(C)CC(=O)Nc2ccccc2C(=O)NC2CCCCC2)cc1. The fourth-order valence-corrected chi connectivity index (χ4v) is 4.79. The number of rotatable bonds is 7. The molecule has 0 atom stereocenters. The van der Waals surface area contributed by atoms with Gasteiger partial charge < -0.3 is 10.6 Å². The lowest BCUT2D eigenvalue weighted by molar-refractivity contribution is -0.116. The molecule has 0 radical (unpaired) electrons. The second-order valence-corrected chi connectivity index (χ2v) is 10.0. The van der Waals surface area contributed by atoms with E-state index in [0.717, 1.165) is 35.6 Å². The minimum atomic E-state index is -3.80. The number of para-hydroxylation sites is 1. The Labute approximate surface area is 183 Å². The fraction of sp³-hybridized carbons (Fsp3) is 0.391. The highest BCUT2D eigenvalue weighted by Crippen LogP contribution is 2.20. The summed E-state index contributed by atoms with van der Waals surface area (Å²) in [5.74, 6) is -0.750. The smallest absolute Gasteiger partial charge is 0.253 e. The van der Waals surface area contributed by atoms with Crippen LogP contribution in [-0.4, -0.2) is 44.2 Å². The molecular formula is C23H29N3O4S. The highest BCUT2D eigenvalue weighted by atomic mass is 32.2. The first-order valence-electron chi connectivity index (χ1n) is 10.5. The van der Waals surface area contributed by atoms with Crippen LogP contribution in [0.2, 0.25) is 0 Å². The molecule has 1 saturated carbocycles. The molecule has 2 amide bonds. The Balaban J connectivity index is 1.66. The van der Waals surface area contributed by atoms with Gasteiger partial charge in [-0.15, -0.1) is 0 Å². The molecule has 3 rings (SSSR count). The van der Waals surface area contributed by atoms with E-state index in [1.54, 1.807) is 36.4 Å². The van der Waals surface area contributed by atoms with Crippen molar-refractivity contribution in [3.63, 3.8) is 0 Å². The largest absolute Gasteiger partial charge is 0.349 e. The Hall–Kier alpha value is -2.71. The lowest BCUT2D eigenvalue weighted by Gasteiger charge is -2.23. The van der Waals surface area contributed by atoms with Gasteiger partial charge in [0.25, 0.3) is 5.91 Å². The Morgan fingerprint density at radius 1 is 1.00 bits per heavy atom. The van der Waals surface area contributed by atoms with Crippen LogP contribution in [0, 0.1) is 6.92 Å². The number of sulfonamides is 1. The zero-order chi connectivity index (χ0) is 22.4. The van der Waals surface area contributed by atoms with Crippen LogP contribution in [0.25, 0.3) is 0 Å². The Kier molecular flexibility index (Phi) is 7.46. The van der Waals surface area contributed by atoms with E-state index in [2.05, 4.69) is 10.6 Å². The van der Waals surface area contributed by atoms with Crippen LogP contribution in [0.5, 0.6) is 0 Å². The normalized spacial score (nSPS) is 14.9. The second kappa shape index (κ2) is 10.1. The van der Waals surface area contributed by atoms with Gasteiger partial charge in [0.15, 0.2) is 0 Å². The maximum atomic E-state index is 12.7. The van der Waals surface area contributed by atoms with Crippen molar-refractivity contribution >= 4 is 27.5 Å². The molecule has 0 spiro atoms. The lowest BCUT2D eigenvalue weighted by atomic mass is 9.95. The molecule has 8 heteroatoms. The zero-order valence-electron chi connectivity index (χ0n) is 17.9. The molecule has 0 aromatic heterocycles. The van der Waals surface area contributed by atoms with Gasteiger partial charge in [0.2, 0.25) is 15.9 Å². The van der Waals surface area contributed by atoms with Gasteiger partial charge >= 0.3 is 0 Å². The van der Waals surface area contributed by atoms with Crippen LogP contribution in [0.3, 0.4) is 0 Å². The molecule has 0 unspecified atom stereocenters. The van der Waals surface area contributed by atoms with Gasteiger partial charge in [-0.1, -0.05) is 49.1 Å². The molecule has 0 saturated heterocycles. The van der Waals surface area contributed by atoms with Crippen molar-refractivity contribution in [2.24, 2.45) is 0 Å². The van der Waals surface area contributed by atoms with Crippen LogP contribution in [0.15, 0.2) is 53.4 Å². The Bertz CT molecular complexity index is 1030. The summed E-state index contributed by atoms with van der Waals surface area (Å²) in [5, 5.41) is 5.73. The number of anilines is 1. The van der Waals surface area contributed by atoms with Gasteiger partial charge in [0.1, 0.15) is 0 Å². The summed E-state index contributed by atoms with van der Waals surface area (Å²) in [6, 6.07) is 13.4. The van der Waals surface area contributed by atoms with Crippen molar-refractivity contribution in [3.8, 4) is 0 Å². The van der Waals surface area contributed by atoms with E-state index in [1.165, 1.54) is 25.6 Å². The third-order valence-corrected chi connectivity index (χ3v) is 7.30. The number of nitrogens with one attached hydrogen (secondary N) is 2. The highest BCUT2D eigenvalue weighted by Gasteiger charge is 2.24. The summed E-state index contributed by atoms with van der Waals surface area (Å²) in [6.07, 6.45) is 5.32. The number of benzene rings is 2. The molecule has 1 fully saturated rings. The van der Waals surface area contributed by atoms with Gasteiger partial charge in [-0.2, -0.15) is 4.31 Å². The van der Waals surface area contributed by atoms with Crippen molar-refractivity contribution in [2.75, 3.05) is 18.9 Å². The first-order chi connectivity index (χ1) is 14.8. The quantitative estimate of drug-likeness (QED) is 0.686. The second-order valence-electron chi connectivity index (χ2n) is 7.98. The molecule has 2 aromatic carbocycles. The van der Waals surface area contributed by atoms with E-state index < -0.39 is 15.9 Å². The number of hydrogen-bond donors (Lipinski definition) is 2. The standard InChI is InChI=1S/C23H29N3O4S/c1-17-12-14-19(15-13-17)31(29,30)26(2)16-22(27)25-21-11-7-6-10-20(21)23(28)24-18-8-4-3-5-9-18/h6-7,10-15,18H,3-5,8-9,16H2,1-2H3,(H,24,28)(H,25,27). The van der Waals surface area contributed by atoms with Crippen LogP contribution in [-0.2, 0) is 14.8 Å². The van der Waals surface area contributed by atoms with E-state index in [9.17, 15) is 18.0 Å². The molecule has 7 nitrogen and oxygen atoms in total. The fourth-order valence-electron chi connectivity index (χ4n) is 3.67. The monoisotopic (exact) mass is 443 g/mol. The molecule has 0 bridgehead atoms. The average Bonchev–Trinajstić information content (AvgIpc) is 2.75. The topological polar surface area (TPSA) is 95.6 Å². The minimum Gasteiger partial charge on any atom is -0.349 e. The van der Waals surface area contributed by atoms with Crippen molar-refractivity contribution in [3.05, 3.63) is 59.7 Å². The number of hydrogen-bond acceptors (Lipinski definition) is 4. The average molecular weight is 444 g/mol. The Morgan fingerprint density at radius 3 is 2.32 bits per heavy atom. The third-order valence-electron chi connectivity index (χ3n) is 5.48. The van der Waals surface area contributed by atoms with Gasteiger partial charge in [-0.25, -0.2) is 8.42 Å². The summed E-state index contributed by atoms with van der Waals surface area (Å²) < 4.78 is 26.4. The zero-order valence-corrected chi connectivity index (χ0v) is 18.7. The van der Waals surface area contributed by atoms with Crippen LogP contribution in [0.1, 0.15) is 48.0 Å². The summed E-state index contributed by atoms with van der Waals surface area (Å²) in [6.45, 7) is 1.50. The summed E-state index contributed by atoms with van der Waals surface area (Å²) >= 11 is 0. The third kappa shape index (κ3) is 5.92. The predicted octanol–water partition coefficient (Wildman–Crippen LogP) is 3.32. The van der Waals surface area contributed by atoms with Crippen LogP contribution in [0.4, 0.5) is 5.69 Å². The van der Waals surface area contributed by atoms with E-state index in [0.29, 0.717) is 11.3 Å².